The number of hydrogen-bond acceptors (Lipinski definition) is 4. The molecule has 0 aliphatic carbocycles. The molecule has 1 aromatic carbocycles. The Morgan fingerprint density at radius 1 is 1.48 bits per heavy atom. The summed E-state index contributed by atoms with van der Waals surface area (Å²) in [5.41, 5.74) is -4.77. The summed E-state index contributed by atoms with van der Waals surface area (Å²) in [6.45, 7) is -11.4. The molecule has 2 aromatic rings. The minimum Gasteiger partial charge on any atom is -0.357 e. The Balaban J connectivity index is 2.58. The average Bonchev–Trinajstić information content (AvgIpc) is 2.80. The van der Waals surface area contributed by atoms with E-state index in [1.54, 1.807) is 0 Å². The maximum atomic E-state index is 13.5. The molecule has 0 amide bonds. The monoisotopic (exact) mass is 354 g/mol. The smallest absolute Gasteiger partial charge is 0.332 e. The summed E-state index contributed by atoms with van der Waals surface area (Å²) in [5, 5.41) is 9.62. The zero-order valence-electron chi connectivity index (χ0n) is 28.9. The lowest BCUT2D eigenvalue weighted by Crippen LogP contribution is -2.44. The minimum atomic E-state index is -3.78. The average molecular weight is 355 g/mol. The molecule has 1 aliphatic heterocycles. The summed E-state index contributed by atoms with van der Waals surface area (Å²) in [7, 11) is 0. The second-order valence-electron chi connectivity index (χ2n) is 4.94. The van der Waals surface area contributed by atoms with Crippen molar-refractivity contribution in [2.45, 2.75) is 26.2 Å². The van der Waals surface area contributed by atoms with Gasteiger partial charge in [-0.25, -0.2) is 4.79 Å². The minimum absolute atomic E-state index is 0.168. The quantitative estimate of drug-likeness (QED) is 0.841. The van der Waals surface area contributed by atoms with E-state index in [4.69, 9.17) is 21.9 Å². The predicted octanol–water partition coefficient (Wildman–Crippen LogP) is 1.70. The molecule has 0 bridgehead atoms. The van der Waals surface area contributed by atoms with Gasteiger partial charge in [-0.1, -0.05) is 25.1 Å². The molecule has 0 N–H and O–H groups in total. The molecular weight excluding hydrogens is 316 g/mol. The molecule has 2 heterocycles. The summed E-state index contributed by atoms with van der Waals surface area (Å²) in [4.78, 5) is 26.3. The number of rotatable bonds is 3. The van der Waals surface area contributed by atoms with Gasteiger partial charge < -0.3 is 4.90 Å². The first kappa shape index (κ1) is 6.17. The lowest BCUT2D eigenvalue weighted by atomic mass is 10.0. The Morgan fingerprint density at radius 3 is 3.04 bits per heavy atom. The maximum Gasteiger partial charge on any atom is 0.332 e. The fourth-order valence-corrected chi connectivity index (χ4v) is 2.13. The van der Waals surface area contributed by atoms with E-state index in [1.165, 1.54) is 6.07 Å². The third-order valence-corrected chi connectivity index (χ3v) is 3.29. The van der Waals surface area contributed by atoms with E-state index in [-0.39, 0.29) is 20.1 Å². The number of nitrogens with zero attached hydrogens (tertiary/aromatic N) is 4. The Morgan fingerprint density at radius 2 is 2.28 bits per heavy atom. The number of piperidine rings is 1. The van der Waals surface area contributed by atoms with Crippen LogP contribution in [0.2, 0.25) is 0 Å². The van der Waals surface area contributed by atoms with E-state index >= 15 is 0 Å². The van der Waals surface area contributed by atoms with Crippen molar-refractivity contribution in [3.63, 3.8) is 0 Å². The van der Waals surface area contributed by atoms with Crippen molar-refractivity contribution in [2.75, 3.05) is 17.9 Å². The molecule has 0 spiro atoms. The van der Waals surface area contributed by atoms with Crippen LogP contribution in [0.4, 0.5) is 5.82 Å². The SMILES string of the molecule is [2H]c1c([2H])c([2H])c(Cn2c(N3C([2H])([2H])C([2H])([2H])C([2H])([2H])[C@@]([2H])(C)C3([2H])[2H])cc(=O)n(C([2H])([2H])[2H])c2=O)c(C#N)c1[2H]. The molecule has 0 saturated carbocycles. The zero-order chi connectivity index (χ0) is 32.0. The normalized spacial score (nSPS) is 38.2. The molecule has 0 unspecified atom stereocenters. The van der Waals surface area contributed by atoms with Crippen molar-refractivity contribution in [1.82, 2.24) is 9.13 Å². The van der Waals surface area contributed by atoms with Gasteiger partial charge in [-0.15, -0.1) is 0 Å². The lowest BCUT2D eigenvalue weighted by Gasteiger charge is -2.34. The summed E-state index contributed by atoms with van der Waals surface area (Å²) in [6.07, 6.45) is -7.25. The van der Waals surface area contributed by atoms with E-state index in [2.05, 4.69) is 0 Å². The van der Waals surface area contributed by atoms with Crippen LogP contribution in [0.3, 0.4) is 0 Å². The van der Waals surface area contributed by atoms with Crippen LogP contribution in [-0.2, 0) is 13.5 Å². The van der Waals surface area contributed by atoms with Crippen LogP contribution in [-0.4, -0.2) is 22.1 Å². The molecule has 130 valence electrons. The lowest BCUT2D eigenvalue weighted by molar-refractivity contribution is 0.437. The summed E-state index contributed by atoms with van der Waals surface area (Å²) in [6, 6.07) is -1.66. The number of anilines is 1. The Kier molecular flexibility index (Phi) is 1.72. The fourth-order valence-electron chi connectivity index (χ4n) is 2.13. The predicted molar refractivity (Wildman–Crippen MR) is 96.8 cm³/mol. The van der Waals surface area contributed by atoms with Crippen molar-refractivity contribution in [2.24, 2.45) is 12.9 Å². The van der Waals surface area contributed by atoms with Crippen LogP contribution >= 0.6 is 0 Å². The first-order chi connectivity index (χ1) is 18.2. The highest BCUT2D eigenvalue weighted by Crippen LogP contribution is 2.22. The Labute approximate surface area is 169 Å². The second-order valence-corrected chi connectivity index (χ2v) is 4.94. The molecule has 1 aliphatic rings. The molecule has 0 radical (unpaired) electrons. The Hall–Kier alpha value is -2.81. The van der Waals surface area contributed by atoms with Gasteiger partial charge in [-0.2, -0.15) is 5.26 Å². The van der Waals surface area contributed by atoms with Crippen LogP contribution in [0.5, 0.6) is 0 Å². The first-order valence-corrected chi connectivity index (χ1v) is 6.92. The van der Waals surface area contributed by atoms with Gasteiger partial charge in [0.1, 0.15) is 5.82 Å². The van der Waals surface area contributed by atoms with E-state index < -0.39 is 97.5 Å². The maximum absolute atomic E-state index is 13.5. The van der Waals surface area contributed by atoms with Gasteiger partial charge in [0.05, 0.1) is 23.7 Å². The summed E-state index contributed by atoms with van der Waals surface area (Å²) in [5.74, 6) is -4.33. The van der Waals surface area contributed by atoms with Crippen molar-refractivity contribution >= 4 is 5.82 Å². The van der Waals surface area contributed by atoms with Crippen molar-refractivity contribution in [3.8, 4) is 6.07 Å². The Bertz CT molecular complexity index is 1570. The molecule has 1 fully saturated rings. The molecule has 25 heavy (non-hydrogen) atoms. The molecule has 1 saturated heterocycles. The molecule has 1 aromatic heterocycles. The van der Waals surface area contributed by atoms with Gasteiger partial charge in [0.2, 0.25) is 0 Å². The number of aromatic nitrogens is 2. The molecular formula is C19H22N4O2. The van der Waals surface area contributed by atoms with Crippen LogP contribution in [0.15, 0.2) is 39.8 Å². The highest BCUT2D eigenvalue weighted by molar-refractivity contribution is 5.42. The summed E-state index contributed by atoms with van der Waals surface area (Å²) < 4.78 is 130. The van der Waals surface area contributed by atoms with Gasteiger partial charge in [-0.05, 0) is 30.2 Å². The van der Waals surface area contributed by atoms with Crippen LogP contribution in [0.25, 0.3) is 0 Å². The van der Waals surface area contributed by atoms with E-state index in [9.17, 15) is 14.9 Å². The third-order valence-electron chi connectivity index (χ3n) is 3.29. The molecule has 3 rings (SSSR count). The number of nitriles is 1. The summed E-state index contributed by atoms with van der Waals surface area (Å²) >= 11 is 0. The van der Waals surface area contributed by atoms with Gasteiger partial charge in [0, 0.05) is 42.5 Å². The number of hydrogen-bond donors (Lipinski definition) is 0. The van der Waals surface area contributed by atoms with Crippen LogP contribution < -0.4 is 16.1 Å². The standard InChI is InChI=1S/C19H22N4O2/c1-14-6-5-9-22(12-14)17-10-18(24)21(2)19(25)23(17)13-16-8-4-3-7-15(16)11-20/h3-4,7-8,10,14H,5-6,9,12-13H2,1-2H3/t14-/m1/s1/i2D3,3D,4D,5D2,6D2,7D,8D,9D2,12D2,14D. The van der Waals surface area contributed by atoms with E-state index in [0.717, 1.165) is 0 Å². The van der Waals surface area contributed by atoms with E-state index in [0.29, 0.717) is 6.92 Å². The fraction of sp³-hybridized carbons (Fsp3) is 0.421. The van der Waals surface area contributed by atoms with Gasteiger partial charge in [-0.3, -0.25) is 13.9 Å². The molecule has 1 atom stereocenters. The van der Waals surface area contributed by atoms with Crippen LogP contribution in [0.1, 0.15) is 52.7 Å². The highest BCUT2D eigenvalue weighted by Gasteiger charge is 2.21. The van der Waals surface area contributed by atoms with Crippen molar-refractivity contribution < 1.29 is 21.9 Å². The highest BCUT2D eigenvalue weighted by atomic mass is 16.2. The van der Waals surface area contributed by atoms with Crippen LogP contribution in [0, 0.1) is 17.2 Å². The van der Waals surface area contributed by atoms with Crippen molar-refractivity contribution in [1.29, 1.82) is 5.26 Å². The van der Waals surface area contributed by atoms with Crippen molar-refractivity contribution in [3.05, 3.63) is 62.2 Å². The molecule has 6 nitrogen and oxygen atoms in total. The largest absolute Gasteiger partial charge is 0.357 e. The first-order valence-electron chi connectivity index (χ1n) is 14.9. The van der Waals surface area contributed by atoms with Gasteiger partial charge >= 0.3 is 5.69 Å². The topological polar surface area (TPSA) is 71.0 Å². The van der Waals surface area contributed by atoms with E-state index in [1.807, 2.05) is 0 Å². The molecule has 6 heteroatoms. The van der Waals surface area contributed by atoms with Gasteiger partial charge in [0.25, 0.3) is 5.56 Å². The zero-order valence-corrected chi connectivity index (χ0v) is 12.9. The third kappa shape index (κ3) is 3.36. The second kappa shape index (κ2) is 6.98. The number of benzene rings is 1. The van der Waals surface area contributed by atoms with Gasteiger partial charge in [0.15, 0.2) is 0 Å².